The molecule has 0 N–H and O–H groups in total. The van der Waals surface area contributed by atoms with Gasteiger partial charge in [-0.05, 0) is 63.1 Å². The molecule has 1 aliphatic heterocycles. The van der Waals surface area contributed by atoms with Crippen LogP contribution in [0.15, 0.2) is 59.1 Å². The fraction of sp³-hybridized carbons (Fsp3) is 0.273. The molecule has 0 aromatic heterocycles. The van der Waals surface area contributed by atoms with Crippen molar-refractivity contribution in [2.45, 2.75) is 37.9 Å². The molecule has 1 saturated heterocycles. The van der Waals surface area contributed by atoms with E-state index in [9.17, 15) is 0 Å². The third kappa shape index (κ3) is 2.09. The number of hydrogen-bond donors (Lipinski definition) is 0. The number of epoxide rings is 1. The highest BCUT2D eigenvalue weighted by molar-refractivity contribution is 9.10. The Labute approximate surface area is 150 Å². The summed E-state index contributed by atoms with van der Waals surface area (Å²) in [6, 6.07) is 20.1. The van der Waals surface area contributed by atoms with Gasteiger partial charge in [0.25, 0.3) is 0 Å². The van der Waals surface area contributed by atoms with Crippen LogP contribution in [0.4, 0.5) is 0 Å². The van der Waals surface area contributed by atoms with Crippen LogP contribution in [-0.2, 0) is 4.74 Å². The van der Waals surface area contributed by atoms with Crippen molar-refractivity contribution in [3.63, 3.8) is 0 Å². The summed E-state index contributed by atoms with van der Waals surface area (Å²) in [6.45, 7) is 4.70. The molecule has 3 aromatic carbocycles. The Morgan fingerprint density at radius 1 is 0.708 bits per heavy atom. The Balaban J connectivity index is 1.75. The molecule has 3 aromatic rings. The molecular formula is C22H19BrO. The maximum Gasteiger partial charge on any atom is 0.114 e. The Hall–Kier alpha value is -1.64. The largest absolute Gasteiger partial charge is 0.359 e. The first-order valence-corrected chi connectivity index (χ1v) is 9.40. The van der Waals surface area contributed by atoms with Crippen molar-refractivity contribution < 1.29 is 4.74 Å². The third-order valence-corrected chi connectivity index (χ3v) is 6.33. The molecule has 0 radical (unpaired) electrons. The molecule has 2 aliphatic rings. The standard InChI is InChI=1S/C22H19BrO/c1-12-13(2)19-10-14-7-8-16(23)9-15(14)11-20(19)22-21(24-22)18-6-4-3-5-17(12)18/h3-13,21-22H,1-2H3. The summed E-state index contributed by atoms with van der Waals surface area (Å²) in [6.07, 6.45) is 0.430. The SMILES string of the molecule is CC1c2ccccc2C2OC2c2cc3cc(Br)ccc3cc2C1C. The van der Waals surface area contributed by atoms with Crippen LogP contribution in [0.5, 0.6) is 0 Å². The zero-order chi connectivity index (χ0) is 16.4. The third-order valence-electron chi connectivity index (χ3n) is 5.84. The van der Waals surface area contributed by atoms with Crippen LogP contribution in [0, 0.1) is 0 Å². The lowest BCUT2D eigenvalue weighted by Gasteiger charge is -2.27. The van der Waals surface area contributed by atoms with Crippen LogP contribution >= 0.6 is 15.9 Å². The normalized spacial score (nSPS) is 27.6. The summed E-state index contributed by atoms with van der Waals surface area (Å²) >= 11 is 3.59. The highest BCUT2D eigenvalue weighted by atomic mass is 79.9. The van der Waals surface area contributed by atoms with Crippen molar-refractivity contribution in [1.29, 1.82) is 0 Å². The van der Waals surface area contributed by atoms with Gasteiger partial charge >= 0.3 is 0 Å². The topological polar surface area (TPSA) is 12.5 Å². The lowest BCUT2D eigenvalue weighted by atomic mass is 9.76. The molecule has 0 spiro atoms. The first-order chi connectivity index (χ1) is 11.6. The van der Waals surface area contributed by atoms with Crippen LogP contribution in [0.25, 0.3) is 10.8 Å². The van der Waals surface area contributed by atoms with Crippen LogP contribution in [0.1, 0.15) is 60.1 Å². The summed E-state index contributed by atoms with van der Waals surface area (Å²) in [7, 11) is 0. The number of rotatable bonds is 0. The average Bonchev–Trinajstić information content (AvgIpc) is 3.39. The molecule has 1 aliphatic carbocycles. The molecule has 0 bridgehead atoms. The Morgan fingerprint density at radius 2 is 1.38 bits per heavy atom. The maximum atomic E-state index is 6.15. The Morgan fingerprint density at radius 3 is 2.21 bits per heavy atom. The lowest BCUT2D eigenvalue weighted by molar-refractivity contribution is 0.377. The molecule has 120 valence electrons. The zero-order valence-corrected chi connectivity index (χ0v) is 15.4. The Kier molecular flexibility index (Phi) is 3.17. The van der Waals surface area contributed by atoms with Crippen molar-refractivity contribution in [3.05, 3.63) is 81.3 Å². The van der Waals surface area contributed by atoms with Gasteiger partial charge in [-0.2, -0.15) is 0 Å². The molecule has 1 nitrogen and oxygen atoms in total. The maximum absolute atomic E-state index is 6.15. The van der Waals surface area contributed by atoms with Crippen molar-refractivity contribution in [3.8, 4) is 0 Å². The van der Waals surface area contributed by atoms with E-state index in [1.165, 1.54) is 33.0 Å². The van der Waals surface area contributed by atoms with Crippen LogP contribution in [-0.4, -0.2) is 0 Å². The lowest BCUT2D eigenvalue weighted by Crippen LogP contribution is -2.12. The van der Waals surface area contributed by atoms with E-state index in [0.29, 0.717) is 11.8 Å². The molecule has 1 heterocycles. The first-order valence-electron chi connectivity index (χ1n) is 8.61. The molecule has 1 fully saturated rings. The summed E-state index contributed by atoms with van der Waals surface area (Å²) in [4.78, 5) is 0. The second-order valence-corrected chi connectivity index (χ2v) is 8.07. The van der Waals surface area contributed by atoms with Gasteiger partial charge < -0.3 is 4.74 Å². The monoisotopic (exact) mass is 378 g/mol. The number of fused-ring (bicyclic) bond motifs is 6. The summed E-state index contributed by atoms with van der Waals surface area (Å²) < 4.78 is 7.28. The molecule has 0 amide bonds. The molecule has 0 saturated carbocycles. The highest BCUT2D eigenvalue weighted by Gasteiger charge is 2.46. The molecule has 4 atom stereocenters. The van der Waals surface area contributed by atoms with E-state index >= 15 is 0 Å². The van der Waals surface area contributed by atoms with E-state index in [2.05, 4.69) is 84.4 Å². The second kappa shape index (κ2) is 5.18. The van der Waals surface area contributed by atoms with Gasteiger partial charge in [0.1, 0.15) is 12.2 Å². The summed E-state index contributed by atoms with van der Waals surface area (Å²) in [5.74, 6) is 0.956. The molecule has 24 heavy (non-hydrogen) atoms. The molecule has 2 heteroatoms. The van der Waals surface area contributed by atoms with Crippen molar-refractivity contribution in [1.82, 2.24) is 0 Å². The van der Waals surface area contributed by atoms with Gasteiger partial charge in [-0.15, -0.1) is 0 Å². The predicted molar refractivity (Wildman–Crippen MR) is 101 cm³/mol. The van der Waals surface area contributed by atoms with Crippen LogP contribution in [0.2, 0.25) is 0 Å². The quantitative estimate of drug-likeness (QED) is 0.399. The van der Waals surface area contributed by atoms with E-state index < -0.39 is 0 Å². The predicted octanol–water partition coefficient (Wildman–Crippen LogP) is 6.64. The van der Waals surface area contributed by atoms with E-state index in [1.807, 2.05) is 0 Å². The minimum absolute atomic E-state index is 0.208. The minimum atomic E-state index is 0.208. The van der Waals surface area contributed by atoms with E-state index in [1.54, 1.807) is 0 Å². The number of ether oxygens (including phenoxy) is 1. The zero-order valence-electron chi connectivity index (χ0n) is 13.8. The van der Waals surface area contributed by atoms with Crippen LogP contribution in [0.3, 0.4) is 0 Å². The molecule has 5 rings (SSSR count). The van der Waals surface area contributed by atoms with Gasteiger partial charge in [0.2, 0.25) is 0 Å². The number of benzene rings is 3. The summed E-state index contributed by atoms with van der Waals surface area (Å²) in [5, 5.41) is 2.59. The Bertz CT molecular complexity index is 961. The van der Waals surface area contributed by atoms with Crippen molar-refractivity contribution in [2.75, 3.05) is 0 Å². The highest BCUT2D eigenvalue weighted by Crippen LogP contribution is 2.57. The van der Waals surface area contributed by atoms with E-state index in [0.717, 1.165) is 4.47 Å². The average molecular weight is 379 g/mol. The van der Waals surface area contributed by atoms with Gasteiger partial charge in [0, 0.05) is 4.47 Å². The van der Waals surface area contributed by atoms with Gasteiger partial charge in [0.05, 0.1) is 0 Å². The number of halogens is 1. The van der Waals surface area contributed by atoms with Gasteiger partial charge in [0.15, 0.2) is 0 Å². The molecular weight excluding hydrogens is 360 g/mol. The first kappa shape index (κ1) is 14.7. The fourth-order valence-electron chi connectivity index (χ4n) is 4.25. The van der Waals surface area contributed by atoms with E-state index in [4.69, 9.17) is 4.74 Å². The minimum Gasteiger partial charge on any atom is -0.359 e. The number of hydrogen-bond acceptors (Lipinski definition) is 1. The van der Waals surface area contributed by atoms with Crippen molar-refractivity contribution in [2.24, 2.45) is 0 Å². The van der Waals surface area contributed by atoms with Gasteiger partial charge in [-0.1, -0.05) is 66.2 Å². The summed E-state index contributed by atoms with van der Waals surface area (Å²) in [5.41, 5.74) is 5.64. The van der Waals surface area contributed by atoms with Crippen LogP contribution < -0.4 is 0 Å². The smallest absolute Gasteiger partial charge is 0.114 e. The molecule has 4 unspecified atom stereocenters. The van der Waals surface area contributed by atoms with E-state index in [-0.39, 0.29) is 12.2 Å². The van der Waals surface area contributed by atoms with Crippen molar-refractivity contribution >= 4 is 26.7 Å². The van der Waals surface area contributed by atoms with Gasteiger partial charge in [-0.3, -0.25) is 0 Å². The second-order valence-electron chi connectivity index (χ2n) is 7.16. The fourth-order valence-corrected chi connectivity index (χ4v) is 4.63. The van der Waals surface area contributed by atoms with Gasteiger partial charge in [-0.25, -0.2) is 0 Å².